The molecule has 1 heterocycles. The molecule has 2 aromatic rings. The Morgan fingerprint density at radius 1 is 1.17 bits per heavy atom. The maximum Gasteiger partial charge on any atom is 0.127 e. The lowest BCUT2D eigenvalue weighted by atomic mass is 10.1. The molecule has 2 rings (SSSR count). The molecular formula is C15H17FN2. The number of pyridine rings is 1. The predicted molar refractivity (Wildman–Crippen MR) is 70.7 cm³/mol. The summed E-state index contributed by atoms with van der Waals surface area (Å²) in [5.74, 6) is -0.236. The largest absolute Gasteiger partial charge is 0.326 e. The van der Waals surface area contributed by atoms with Crippen LogP contribution in [0.5, 0.6) is 0 Å². The van der Waals surface area contributed by atoms with Gasteiger partial charge >= 0.3 is 0 Å². The van der Waals surface area contributed by atoms with Crippen molar-refractivity contribution < 1.29 is 4.39 Å². The molecule has 0 fully saturated rings. The Kier molecular flexibility index (Phi) is 4.05. The molecule has 0 spiro atoms. The van der Waals surface area contributed by atoms with E-state index in [2.05, 4.69) is 18.0 Å². The van der Waals surface area contributed by atoms with Gasteiger partial charge in [0.2, 0.25) is 0 Å². The molecule has 3 heteroatoms. The molecule has 0 radical (unpaired) electrons. The van der Waals surface area contributed by atoms with Crippen molar-refractivity contribution in [1.29, 1.82) is 0 Å². The van der Waals surface area contributed by atoms with Crippen LogP contribution in [0.3, 0.4) is 0 Å². The third-order valence-corrected chi connectivity index (χ3v) is 3.02. The van der Waals surface area contributed by atoms with Crippen LogP contribution in [0.2, 0.25) is 0 Å². The molecule has 0 aliphatic rings. The summed E-state index contributed by atoms with van der Waals surface area (Å²) in [5, 5.41) is 0. The third-order valence-electron chi connectivity index (χ3n) is 3.02. The van der Waals surface area contributed by atoms with Crippen molar-refractivity contribution in [3.05, 3.63) is 64.7 Å². The second-order valence-electron chi connectivity index (χ2n) is 4.32. The van der Waals surface area contributed by atoms with Crippen LogP contribution in [0.4, 0.5) is 4.39 Å². The second-order valence-corrected chi connectivity index (χ2v) is 4.32. The molecule has 1 aromatic carbocycles. The average molecular weight is 244 g/mol. The lowest BCUT2D eigenvalue weighted by Gasteiger charge is -2.05. The fourth-order valence-corrected chi connectivity index (χ4v) is 1.84. The highest BCUT2D eigenvalue weighted by atomic mass is 19.1. The summed E-state index contributed by atoms with van der Waals surface area (Å²) in [6, 6.07) is 9.24. The molecule has 0 aliphatic carbocycles. The molecule has 0 saturated carbocycles. The standard InChI is InChI=1S/C15H17FN2/c1-2-11-4-6-14(18-10-11)7-12-3-5-13(9-17)15(16)8-12/h3-6,8,10H,2,7,9,17H2,1H3. The number of nitrogens with zero attached hydrogens (tertiary/aromatic N) is 1. The highest BCUT2D eigenvalue weighted by Gasteiger charge is 2.03. The molecule has 18 heavy (non-hydrogen) atoms. The Morgan fingerprint density at radius 3 is 2.50 bits per heavy atom. The predicted octanol–water partition coefficient (Wildman–Crippen LogP) is 2.83. The molecule has 1 aromatic heterocycles. The topological polar surface area (TPSA) is 38.9 Å². The summed E-state index contributed by atoms with van der Waals surface area (Å²) in [7, 11) is 0. The average Bonchev–Trinajstić information content (AvgIpc) is 2.40. The monoisotopic (exact) mass is 244 g/mol. The van der Waals surface area contributed by atoms with Gasteiger partial charge < -0.3 is 5.73 Å². The first-order valence-electron chi connectivity index (χ1n) is 6.14. The van der Waals surface area contributed by atoms with Crippen LogP contribution < -0.4 is 5.73 Å². The van der Waals surface area contributed by atoms with Gasteiger partial charge in [0.25, 0.3) is 0 Å². The summed E-state index contributed by atoms with van der Waals surface area (Å²) in [6.07, 6.45) is 3.50. The molecule has 94 valence electrons. The van der Waals surface area contributed by atoms with Crippen LogP contribution in [0.25, 0.3) is 0 Å². The highest BCUT2D eigenvalue weighted by Crippen LogP contribution is 2.13. The first-order valence-corrected chi connectivity index (χ1v) is 6.14. The van der Waals surface area contributed by atoms with Gasteiger partial charge in [-0.1, -0.05) is 25.1 Å². The van der Waals surface area contributed by atoms with Crippen molar-refractivity contribution in [3.8, 4) is 0 Å². The lowest BCUT2D eigenvalue weighted by Crippen LogP contribution is -2.01. The minimum Gasteiger partial charge on any atom is -0.326 e. The van der Waals surface area contributed by atoms with Gasteiger partial charge in [-0.2, -0.15) is 0 Å². The first kappa shape index (κ1) is 12.7. The highest BCUT2D eigenvalue weighted by molar-refractivity contribution is 5.28. The molecule has 0 bridgehead atoms. The van der Waals surface area contributed by atoms with Gasteiger partial charge in [0.15, 0.2) is 0 Å². The van der Waals surface area contributed by atoms with E-state index in [0.29, 0.717) is 12.0 Å². The molecule has 0 unspecified atom stereocenters. The fraction of sp³-hybridized carbons (Fsp3) is 0.267. The number of halogens is 1. The quantitative estimate of drug-likeness (QED) is 0.898. The van der Waals surface area contributed by atoms with Crippen molar-refractivity contribution in [2.45, 2.75) is 26.3 Å². The maximum absolute atomic E-state index is 13.6. The minimum atomic E-state index is -0.236. The number of hydrogen-bond donors (Lipinski definition) is 1. The summed E-state index contributed by atoms with van der Waals surface area (Å²) in [5.41, 5.74) is 9.06. The summed E-state index contributed by atoms with van der Waals surface area (Å²) in [6.45, 7) is 2.33. The van der Waals surface area contributed by atoms with Crippen LogP contribution >= 0.6 is 0 Å². The van der Waals surface area contributed by atoms with E-state index in [4.69, 9.17) is 5.73 Å². The zero-order chi connectivity index (χ0) is 13.0. The van der Waals surface area contributed by atoms with E-state index in [9.17, 15) is 4.39 Å². The van der Waals surface area contributed by atoms with Gasteiger partial charge in [0.1, 0.15) is 5.82 Å². The number of benzene rings is 1. The summed E-state index contributed by atoms with van der Waals surface area (Å²) >= 11 is 0. The van der Waals surface area contributed by atoms with E-state index >= 15 is 0 Å². The van der Waals surface area contributed by atoms with E-state index < -0.39 is 0 Å². The first-order chi connectivity index (χ1) is 8.72. The lowest BCUT2D eigenvalue weighted by molar-refractivity contribution is 0.608. The van der Waals surface area contributed by atoms with Crippen LogP contribution in [0, 0.1) is 5.82 Å². The molecule has 0 amide bonds. The third kappa shape index (κ3) is 2.93. The van der Waals surface area contributed by atoms with Gasteiger partial charge in [-0.15, -0.1) is 0 Å². The van der Waals surface area contributed by atoms with Gasteiger partial charge in [-0.05, 0) is 29.7 Å². The maximum atomic E-state index is 13.6. The number of aromatic nitrogens is 1. The molecule has 0 atom stereocenters. The van der Waals surface area contributed by atoms with Crippen LogP contribution in [-0.2, 0) is 19.4 Å². The van der Waals surface area contributed by atoms with E-state index in [1.54, 1.807) is 6.07 Å². The van der Waals surface area contributed by atoms with Crippen LogP contribution in [-0.4, -0.2) is 4.98 Å². The van der Waals surface area contributed by atoms with E-state index in [1.165, 1.54) is 11.6 Å². The Hall–Kier alpha value is -1.74. The van der Waals surface area contributed by atoms with Crippen LogP contribution in [0.15, 0.2) is 36.5 Å². The number of rotatable bonds is 4. The minimum absolute atomic E-state index is 0.232. The summed E-state index contributed by atoms with van der Waals surface area (Å²) < 4.78 is 13.6. The number of hydrogen-bond acceptors (Lipinski definition) is 2. The Labute approximate surface area is 107 Å². The summed E-state index contributed by atoms with van der Waals surface area (Å²) in [4.78, 5) is 4.37. The van der Waals surface area contributed by atoms with Crippen molar-refractivity contribution in [1.82, 2.24) is 4.98 Å². The van der Waals surface area contributed by atoms with Crippen molar-refractivity contribution in [3.63, 3.8) is 0 Å². The normalized spacial score (nSPS) is 10.6. The fourth-order valence-electron chi connectivity index (χ4n) is 1.84. The SMILES string of the molecule is CCc1ccc(Cc2ccc(CN)c(F)c2)nc1. The molecular weight excluding hydrogens is 227 g/mol. The van der Waals surface area contributed by atoms with E-state index in [-0.39, 0.29) is 12.4 Å². The van der Waals surface area contributed by atoms with Gasteiger partial charge in [0, 0.05) is 30.4 Å². The van der Waals surface area contributed by atoms with Crippen LogP contribution in [0.1, 0.15) is 29.3 Å². The Morgan fingerprint density at radius 2 is 1.94 bits per heavy atom. The zero-order valence-corrected chi connectivity index (χ0v) is 10.5. The van der Waals surface area contributed by atoms with Crippen molar-refractivity contribution in [2.75, 3.05) is 0 Å². The van der Waals surface area contributed by atoms with Crippen molar-refractivity contribution in [2.24, 2.45) is 5.73 Å². The Balaban J connectivity index is 2.15. The molecule has 0 aliphatic heterocycles. The number of nitrogens with two attached hydrogens (primary N) is 1. The van der Waals surface area contributed by atoms with Gasteiger partial charge in [-0.25, -0.2) is 4.39 Å². The smallest absolute Gasteiger partial charge is 0.127 e. The van der Waals surface area contributed by atoms with Gasteiger partial charge in [0.05, 0.1) is 0 Å². The van der Waals surface area contributed by atoms with Crippen molar-refractivity contribution >= 4 is 0 Å². The Bertz CT molecular complexity index is 521. The van der Waals surface area contributed by atoms with E-state index in [0.717, 1.165) is 17.7 Å². The second kappa shape index (κ2) is 5.74. The van der Waals surface area contributed by atoms with E-state index in [1.807, 2.05) is 18.3 Å². The zero-order valence-electron chi connectivity index (χ0n) is 10.5. The molecule has 2 nitrogen and oxygen atoms in total. The number of aryl methyl sites for hydroxylation is 1. The molecule has 2 N–H and O–H groups in total. The molecule has 0 saturated heterocycles. The van der Waals surface area contributed by atoms with Gasteiger partial charge in [-0.3, -0.25) is 4.98 Å².